The zero-order valence-corrected chi connectivity index (χ0v) is 9.94. The summed E-state index contributed by atoms with van der Waals surface area (Å²) in [7, 11) is 0. The van der Waals surface area contributed by atoms with E-state index in [9.17, 15) is 5.11 Å². The van der Waals surface area contributed by atoms with Crippen LogP contribution in [0.15, 0.2) is 0 Å². The number of nitrogens with one attached hydrogen (secondary N) is 1. The van der Waals surface area contributed by atoms with E-state index in [1.165, 1.54) is 24.3 Å². The van der Waals surface area contributed by atoms with Crippen molar-refractivity contribution in [2.45, 2.75) is 45.3 Å². The first-order valence-electron chi connectivity index (χ1n) is 5.68. The highest BCUT2D eigenvalue weighted by Gasteiger charge is 2.21. The number of aliphatic hydroxyl groups is 1. The molecule has 0 aliphatic carbocycles. The summed E-state index contributed by atoms with van der Waals surface area (Å²) in [4.78, 5) is 5.65. The Hall–Kier alpha value is -0.450. The van der Waals surface area contributed by atoms with Crippen molar-refractivity contribution < 1.29 is 5.11 Å². The van der Waals surface area contributed by atoms with Crippen molar-refractivity contribution in [1.29, 1.82) is 0 Å². The molecular weight excluding hydrogens is 208 g/mol. The number of aromatic nitrogens is 1. The van der Waals surface area contributed by atoms with Gasteiger partial charge in [-0.1, -0.05) is 19.8 Å². The van der Waals surface area contributed by atoms with Crippen LogP contribution < -0.4 is 5.32 Å². The molecule has 2 N–H and O–H groups in total. The number of hydrogen-bond donors (Lipinski definition) is 2. The summed E-state index contributed by atoms with van der Waals surface area (Å²) in [6, 6.07) is 0. The van der Waals surface area contributed by atoms with Crippen molar-refractivity contribution in [3.8, 4) is 0 Å². The van der Waals surface area contributed by atoms with E-state index in [4.69, 9.17) is 0 Å². The van der Waals surface area contributed by atoms with E-state index in [2.05, 4.69) is 17.2 Å². The van der Waals surface area contributed by atoms with Crippen LogP contribution >= 0.6 is 11.3 Å². The average molecular weight is 226 g/mol. The SMILES string of the molecule is CCCCCc1nc2c(s1)C(O)CNC2. The maximum Gasteiger partial charge on any atom is 0.102 e. The normalized spacial score (nSPS) is 20.3. The molecule has 15 heavy (non-hydrogen) atoms. The van der Waals surface area contributed by atoms with Crippen molar-refractivity contribution >= 4 is 11.3 Å². The predicted octanol–water partition coefficient (Wildman–Crippen LogP) is 2.01. The highest BCUT2D eigenvalue weighted by Crippen LogP contribution is 2.28. The molecule has 2 rings (SSSR count). The molecule has 1 atom stereocenters. The monoisotopic (exact) mass is 226 g/mol. The number of aryl methyl sites for hydroxylation is 1. The lowest BCUT2D eigenvalue weighted by Gasteiger charge is -2.16. The maximum absolute atomic E-state index is 9.75. The van der Waals surface area contributed by atoms with Crippen molar-refractivity contribution in [3.63, 3.8) is 0 Å². The molecule has 0 radical (unpaired) electrons. The summed E-state index contributed by atoms with van der Waals surface area (Å²) in [5.41, 5.74) is 1.06. The highest BCUT2D eigenvalue weighted by molar-refractivity contribution is 7.11. The first kappa shape index (κ1) is 11.0. The fourth-order valence-electron chi connectivity index (χ4n) is 1.85. The number of aliphatic hydroxyl groups excluding tert-OH is 1. The first-order valence-corrected chi connectivity index (χ1v) is 6.50. The lowest BCUT2D eigenvalue weighted by atomic mass is 10.2. The molecule has 3 nitrogen and oxygen atoms in total. The summed E-state index contributed by atoms with van der Waals surface area (Å²) in [5.74, 6) is 0. The lowest BCUT2D eigenvalue weighted by Crippen LogP contribution is -2.26. The van der Waals surface area contributed by atoms with Crippen LogP contribution in [-0.4, -0.2) is 16.6 Å². The highest BCUT2D eigenvalue weighted by atomic mass is 32.1. The number of nitrogens with zero attached hydrogens (tertiary/aromatic N) is 1. The van der Waals surface area contributed by atoms with Gasteiger partial charge in [0.15, 0.2) is 0 Å². The van der Waals surface area contributed by atoms with E-state index >= 15 is 0 Å². The quantitative estimate of drug-likeness (QED) is 0.772. The third-order valence-electron chi connectivity index (χ3n) is 2.70. The van der Waals surface area contributed by atoms with Crippen molar-refractivity contribution in [2.75, 3.05) is 6.54 Å². The maximum atomic E-state index is 9.75. The largest absolute Gasteiger partial charge is 0.386 e. The van der Waals surface area contributed by atoms with Gasteiger partial charge in [-0.2, -0.15) is 0 Å². The van der Waals surface area contributed by atoms with Crippen molar-refractivity contribution in [2.24, 2.45) is 0 Å². The summed E-state index contributed by atoms with van der Waals surface area (Å²) in [6.07, 6.45) is 4.46. The van der Waals surface area contributed by atoms with Gasteiger partial charge in [0, 0.05) is 13.1 Å². The Bertz CT molecular complexity index is 324. The van der Waals surface area contributed by atoms with Gasteiger partial charge in [-0.15, -0.1) is 11.3 Å². The molecule has 0 saturated heterocycles. The van der Waals surface area contributed by atoms with Crippen molar-refractivity contribution in [3.05, 3.63) is 15.6 Å². The molecule has 0 aromatic carbocycles. The van der Waals surface area contributed by atoms with Gasteiger partial charge in [0.25, 0.3) is 0 Å². The summed E-state index contributed by atoms with van der Waals surface area (Å²) >= 11 is 1.69. The number of hydrogen-bond acceptors (Lipinski definition) is 4. The minimum Gasteiger partial charge on any atom is -0.386 e. The molecule has 1 aliphatic rings. The van der Waals surface area contributed by atoms with Crippen LogP contribution in [-0.2, 0) is 13.0 Å². The van der Waals surface area contributed by atoms with E-state index in [0.29, 0.717) is 6.54 Å². The van der Waals surface area contributed by atoms with Crippen LogP contribution in [0, 0.1) is 0 Å². The van der Waals surface area contributed by atoms with E-state index in [0.717, 1.165) is 23.5 Å². The van der Waals surface area contributed by atoms with Crippen LogP contribution in [0.5, 0.6) is 0 Å². The Balaban J connectivity index is 2.01. The van der Waals surface area contributed by atoms with E-state index in [1.807, 2.05) is 0 Å². The Morgan fingerprint density at radius 3 is 3.13 bits per heavy atom. The van der Waals surface area contributed by atoms with Gasteiger partial charge < -0.3 is 10.4 Å². The number of β-amino-alcohol motifs (C(OH)–C–C–N with tert-alkyl or cyclic N) is 1. The van der Waals surface area contributed by atoms with Crippen LogP contribution in [0.4, 0.5) is 0 Å². The molecule has 0 amide bonds. The molecule has 1 unspecified atom stereocenters. The summed E-state index contributed by atoms with van der Waals surface area (Å²) in [6.45, 7) is 3.70. The predicted molar refractivity (Wildman–Crippen MR) is 62.0 cm³/mol. The molecule has 0 saturated carbocycles. The second-order valence-electron chi connectivity index (χ2n) is 4.02. The van der Waals surface area contributed by atoms with E-state index in [1.54, 1.807) is 11.3 Å². The number of fused-ring (bicyclic) bond motifs is 1. The molecule has 1 aromatic rings. The summed E-state index contributed by atoms with van der Waals surface area (Å²) in [5, 5.41) is 14.1. The fraction of sp³-hybridized carbons (Fsp3) is 0.727. The summed E-state index contributed by atoms with van der Waals surface area (Å²) < 4.78 is 0. The number of rotatable bonds is 4. The van der Waals surface area contributed by atoms with Crippen molar-refractivity contribution in [1.82, 2.24) is 10.3 Å². The molecule has 1 aliphatic heterocycles. The van der Waals surface area contributed by atoms with Crippen LogP contribution in [0.25, 0.3) is 0 Å². The smallest absolute Gasteiger partial charge is 0.102 e. The molecule has 2 heterocycles. The van der Waals surface area contributed by atoms with Crippen LogP contribution in [0.1, 0.15) is 47.9 Å². The average Bonchev–Trinajstić information content (AvgIpc) is 2.63. The molecule has 0 spiro atoms. The first-order chi connectivity index (χ1) is 7.31. The second kappa shape index (κ2) is 5.05. The Morgan fingerprint density at radius 1 is 1.53 bits per heavy atom. The third kappa shape index (κ3) is 2.56. The molecule has 84 valence electrons. The van der Waals surface area contributed by atoms with Gasteiger partial charge in [-0.05, 0) is 12.8 Å². The second-order valence-corrected chi connectivity index (χ2v) is 5.14. The standard InChI is InChI=1S/C11H18N2OS/c1-2-3-4-5-10-13-8-6-12-7-9(14)11(8)15-10/h9,12,14H,2-7H2,1H3. The minimum atomic E-state index is -0.342. The third-order valence-corrected chi connectivity index (χ3v) is 3.96. The molecule has 1 aromatic heterocycles. The molecular formula is C11H18N2OS. The zero-order valence-electron chi connectivity index (χ0n) is 9.12. The fourth-order valence-corrected chi connectivity index (χ4v) is 2.97. The lowest BCUT2D eigenvalue weighted by molar-refractivity contribution is 0.168. The van der Waals surface area contributed by atoms with Crippen LogP contribution in [0.3, 0.4) is 0 Å². The molecule has 0 fully saturated rings. The molecule has 4 heteroatoms. The van der Waals surface area contributed by atoms with Gasteiger partial charge in [0.1, 0.15) is 6.10 Å². The topological polar surface area (TPSA) is 45.2 Å². The van der Waals surface area contributed by atoms with Gasteiger partial charge in [-0.25, -0.2) is 4.98 Å². The Kier molecular flexibility index (Phi) is 3.72. The van der Waals surface area contributed by atoms with E-state index < -0.39 is 0 Å². The van der Waals surface area contributed by atoms with Gasteiger partial charge in [0.05, 0.1) is 15.6 Å². The Labute approximate surface area is 94.5 Å². The van der Waals surface area contributed by atoms with Gasteiger partial charge >= 0.3 is 0 Å². The molecule has 0 bridgehead atoms. The van der Waals surface area contributed by atoms with Crippen LogP contribution in [0.2, 0.25) is 0 Å². The Morgan fingerprint density at radius 2 is 2.40 bits per heavy atom. The van der Waals surface area contributed by atoms with Gasteiger partial charge in [0.2, 0.25) is 0 Å². The minimum absolute atomic E-state index is 0.342. The van der Waals surface area contributed by atoms with Gasteiger partial charge in [-0.3, -0.25) is 0 Å². The number of thiazole rings is 1. The van der Waals surface area contributed by atoms with E-state index in [-0.39, 0.29) is 6.10 Å². The number of unbranched alkanes of at least 4 members (excludes halogenated alkanes) is 2. The zero-order chi connectivity index (χ0) is 10.7.